The Bertz CT molecular complexity index is 462. The molecule has 4 heteroatoms. The van der Waals surface area contributed by atoms with Crippen LogP contribution in [0.3, 0.4) is 0 Å². The topological polar surface area (TPSA) is 62.1 Å². The van der Waals surface area contributed by atoms with Gasteiger partial charge in [0.2, 0.25) is 0 Å². The maximum atomic E-state index is 11.9. The predicted octanol–water partition coefficient (Wildman–Crippen LogP) is 2.82. The van der Waals surface area contributed by atoms with Crippen molar-refractivity contribution in [1.29, 1.82) is 5.26 Å². The molecule has 0 radical (unpaired) electrons. The number of carbonyl (C=O) groups is 1. The summed E-state index contributed by atoms with van der Waals surface area (Å²) in [5.41, 5.74) is 0.938. The number of nitrogens with one attached hydrogen (secondary N) is 1. The predicted molar refractivity (Wildman–Crippen MR) is 78.4 cm³/mol. The first-order valence-electron chi connectivity index (χ1n) is 6.99. The third-order valence-corrected chi connectivity index (χ3v) is 3.00. The largest absolute Gasteiger partial charge is 0.481 e. The summed E-state index contributed by atoms with van der Waals surface area (Å²) in [6.07, 6.45) is 1.85. The zero-order valence-electron chi connectivity index (χ0n) is 12.3. The standard InChI is InChI=1S/C16H22N2O2/c1-4-5-12(2)18-16(19)13(3)20-15-8-6-14(7-9-15)10-11-17/h6-9,12-13H,4-5,10H2,1-3H3,(H,18,19). The molecular formula is C16H22N2O2. The summed E-state index contributed by atoms with van der Waals surface area (Å²) in [4.78, 5) is 11.9. The molecule has 0 saturated carbocycles. The van der Waals surface area contributed by atoms with Crippen LogP contribution in [0.25, 0.3) is 0 Å². The van der Waals surface area contributed by atoms with Crippen LogP contribution in [0.1, 0.15) is 39.2 Å². The molecule has 0 aliphatic rings. The van der Waals surface area contributed by atoms with E-state index in [-0.39, 0.29) is 11.9 Å². The van der Waals surface area contributed by atoms with E-state index in [0.29, 0.717) is 12.2 Å². The molecule has 1 rings (SSSR count). The van der Waals surface area contributed by atoms with Crippen molar-refractivity contribution in [2.75, 3.05) is 0 Å². The fourth-order valence-electron chi connectivity index (χ4n) is 1.90. The highest BCUT2D eigenvalue weighted by Gasteiger charge is 2.16. The van der Waals surface area contributed by atoms with Crippen LogP contribution in [-0.2, 0) is 11.2 Å². The van der Waals surface area contributed by atoms with Gasteiger partial charge in [-0.25, -0.2) is 0 Å². The Labute approximate surface area is 120 Å². The average molecular weight is 274 g/mol. The number of benzene rings is 1. The lowest BCUT2D eigenvalue weighted by Gasteiger charge is -2.18. The van der Waals surface area contributed by atoms with Gasteiger partial charge in [-0.15, -0.1) is 0 Å². The van der Waals surface area contributed by atoms with Crippen molar-refractivity contribution in [1.82, 2.24) is 5.32 Å². The molecule has 108 valence electrons. The highest BCUT2D eigenvalue weighted by atomic mass is 16.5. The zero-order valence-corrected chi connectivity index (χ0v) is 12.3. The van der Waals surface area contributed by atoms with Crippen molar-refractivity contribution in [2.24, 2.45) is 0 Å². The normalized spacial score (nSPS) is 13.1. The van der Waals surface area contributed by atoms with Crippen molar-refractivity contribution in [3.05, 3.63) is 29.8 Å². The van der Waals surface area contributed by atoms with Crippen molar-refractivity contribution >= 4 is 5.91 Å². The molecule has 2 unspecified atom stereocenters. The summed E-state index contributed by atoms with van der Waals surface area (Å²) in [7, 11) is 0. The first kappa shape index (κ1) is 16.0. The fourth-order valence-corrected chi connectivity index (χ4v) is 1.90. The van der Waals surface area contributed by atoms with Crippen molar-refractivity contribution < 1.29 is 9.53 Å². The Kier molecular flexibility index (Phi) is 6.58. The van der Waals surface area contributed by atoms with Gasteiger partial charge in [0.25, 0.3) is 5.91 Å². The second-order valence-electron chi connectivity index (χ2n) is 4.94. The number of rotatable bonds is 7. The Hall–Kier alpha value is -2.02. The number of hydrogen-bond acceptors (Lipinski definition) is 3. The van der Waals surface area contributed by atoms with E-state index in [1.807, 2.05) is 19.1 Å². The van der Waals surface area contributed by atoms with Gasteiger partial charge in [0.15, 0.2) is 6.10 Å². The minimum atomic E-state index is -0.531. The lowest BCUT2D eigenvalue weighted by molar-refractivity contribution is -0.127. The summed E-state index contributed by atoms with van der Waals surface area (Å²) >= 11 is 0. The molecule has 2 atom stereocenters. The van der Waals surface area contributed by atoms with Gasteiger partial charge in [-0.1, -0.05) is 25.5 Å². The summed E-state index contributed by atoms with van der Waals surface area (Å²) in [6, 6.07) is 9.49. The molecule has 0 aromatic heterocycles. The van der Waals surface area contributed by atoms with Crippen LogP contribution in [0.4, 0.5) is 0 Å². The van der Waals surface area contributed by atoms with Crippen LogP contribution in [0.5, 0.6) is 5.75 Å². The first-order chi connectivity index (χ1) is 9.56. The molecule has 1 amide bonds. The van der Waals surface area contributed by atoms with Crippen LogP contribution in [0, 0.1) is 11.3 Å². The Balaban J connectivity index is 2.50. The van der Waals surface area contributed by atoms with E-state index >= 15 is 0 Å². The van der Waals surface area contributed by atoms with Gasteiger partial charge in [-0.2, -0.15) is 5.26 Å². The van der Waals surface area contributed by atoms with E-state index < -0.39 is 6.10 Å². The third-order valence-electron chi connectivity index (χ3n) is 3.00. The van der Waals surface area contributed by atoms with Crippen molar-refractivity contribution in [3.8, 4) is 11.8 Å². The minimum absolute atomic E-state index is 0.105. The quantitative estimate of drug-likeness (QED) is 0.831. The summed E-state index contributed by atoms with van der Waals surface area (Å²) in [6.45, 7) is 5.81. The molecule has 1 aromatic rings. The van der Waals surface area contributed by atoms with Crippen LogP contribution < -0.4 is 10.1 Å². The smallest absolute Gasteiger partial charge is 0.260 e. The van der Waals surface area contributed by atoms with Gasteiger partial charge in [-0.3, -0.25) is 4.79 Å². The molecule has 0 spiro atoms. The van der Waals surface area contributed by atoms with Crippen LogP contribution in [0.2, 0.25) is 0 Å². The number of nitriles is 1. The van der Waals surface area contributed by atoms with E-state index in [1.165, 1.54) is 0 Å². The maximum absolute atomic E-state index is 11.9. The van der Waals surface area contributed by atoms with Gasteiger partial charge < -0.3 is 10.1 Å². The van der Waals surface area contributed by atoms with Gasteiger partial charge in [0.1, 0.15) is 5.75 Å². The summed E-state index contributed by atoms with van der Waals surface area (Å²) in [5, 5.41) is 11.5. The lowest BCUT2D eigenvalue weighted by Crippen LogP contribution is -2.41. The van der Waals surface area contributed by atoms with Crippen molar-refractivity contribution in [3.63, 3.8) is 0 Å². The van der Waals surface area contributed by atoms with E-state index in [0.717, 1.165) is 18.4 Å². The van der Waals surface area contributed by atoms with E-state index in [9.17, 15) is 4.79 Å². The van der Waals surface area contributed by atoms with Crippen LogP contribution in [0.15, 0.2) is 24.3 Å². The fraction of sp³-hybridized carbons (Fsp3) is 0.500. The second kappa shape index (κ2) is 8.21. The third kappa shape index (κ3) is 5.31. The van der Waals surface area contributed by atoms with Crippen LogP contribution >= 0.6 is 0 Å². The molecule has 0 bridgehead atoms. The molecule has 0 aliphatic heterocycles. The molecule has 0 fully saturated rings. The molecule has 20 heavy (non-hydrogen) atoms. The number of carbonyl (C=O) groups excluding carboxylic acids is 1. The number of ether oxygens (including phenoxy) is 1. The highest BCUT2D eigenvalue weighted by Crippen LogP contribution is 2.14. The monoisotopic (exact) mass is 274 g/mol. The molecule has 0 aliphatic carbocycles. The number of hydrogen-bond donors (Lipinski definition) is 1. The lowest BCUT2D eigenvalue weighted by atomic mass is 10.1. The minimum Gasteiger partial charge on any atom is -0.481 e. The molecule has 1 N–H and O–H groups in total. The van der Waals surface area contributed by atoms with E-state index in [2.05, 4.69) is 18.3 Å². The van der Waals surface area contributed by atoms with Gasteiger partial charge in [0.05, 0.1) is 12.5 Å². The highest BCUT2D eigenvalue weighted by molar-refractivity contribution is 5.80. The van der Waals surface area contributed by atoms with Gasteiger partial charge in [0, 0.05) is 6.04 Å². The van der Waals surface area contributed by atoms with Gasteiger partial charge in [-0.05, 0) is 38.0 Å². The molecule has 0 saturated heterocycles. The van der Waals surface area contributed by atoms with Crippen molar-refractivity contribution in [2.45, 2.75) is 52.2 Å². The number of nitrogens with zero attached hydrogens (tertiary/aromatic N) is 1. The Morgan fingerprint density at radius 3 is 2.55 bits per heavy atom. The van der Waals surface area contributed by atoms with Gasteiger partial charge >= 0.3 is 0 Å². The van der Waals surface area contributed by atoms with E-state index in [1.54, 1.807) is 19.1 Å². The first-order valence-corrected chi connectivity index (χ1v) is 6.99. The Morgan fingerprint density at radius 1 is 1.35 bits per heavy atom. The molecular weight excluding hydrogens is 252 g/mol. The summed E-state index contributed by atoms with van der Waals surface area (Å²) < 4.78 is 5.59. The molecule has 1 aromatic carbocycles. The number of amides is 1. The van der Waals surface area contributed by atoms with Crippen LogP contribution in [-0.4, -0.2) is 18.1 Å². The zero-order chi connectivity index (χ0) is 15.0. The molecule has 0 heterocycles. The van der Waals surface area contributed by atoms with E-state index in [4.69, 9.17) is 10.00 Å². The second-order valence-corrected chi connectivity index (χ2v) is 4.94. The molecule has 4 nitrogen and oxygen atoms in total. The average Bonchev–Trinajstić information content (AvgIpc) is 2.41. The maximum Gasteiger partial charge on any atom is 0.260 e. The summed E-state index contributed by atoms with van der Waals surface area (Å²) in [5.74, 6) is 0.532. The Morgan fingerprint density at radius 2 is 2.00 bits per heavy atom. The SMILES string of the molecule is CCCC(C)NC(=O)C(C)Oc1ccc(CC#N)cc1.